The van der Waals surface area contributed by atoms with E-state index < -0.39 is 0 Å². The minimum absolute atomic E-state index is 0.0950. The van der Waals surface area contributed by atoms with Gasteiger partial charge in [0.25, 0.3) is 0 Å². The first-order chi connectivity index (χ1) is 8.99. The maximum absolute atomic E-state index is 5.16. The molecule has 0 fully saturated rings. The third-order valence-corrected chi connectivity index (χ3v) is 3.23. The van der Waals surface area contributed by atoms with E-state index in [1.165, 1.54) is 11.8 Å². The molecule has 0 aliphatic rings. The highest BCUT2D eigenvalue weighted by Gasteiger charge is 2.19. The maximum Gasteiger partial charge on any atom is 0.171 e. The van der Waals surface area contributed by atoms with E-state index in [4.69, 9.17) is 4.74 Å². The molecule has 0 spiro atoms. The van der Waals surface area contributed by atoms with Crippen molar-refractivity contribution in [1.82, 2.24) is 19.9 Å². The lowest BCUT2D eigenvalue weighted by atomic mass is 9.96. The zero-order chi connectivity index (χ0) is 13.9. The first-order valence-electron chi connectivity index (χ1n) is 6.03. The number of H-pyrrole nitrogens is 1. The highest BCUT2D eigenvalue weighted by atomic mass is 32.2. The standard InChI is InChI=1S/C13H18N4OS/c1-13(2,3)11-16-9(8-18-4)7-10(17-11)19-12-14-5-6-15-12/h5-7H,8H2,1-4H3,(H,14,15). The molecule has 102 valence electrons. The number of aromatic nitrogens is 4. The molecular weight excluding hydrogens is 260 g/mol. The van der Waals surface area contributed by atoms with Crippen LogP contribution in [0.2, 0.25) is 0 Å². The van der Waals surface area contributed by atoms with Crippen molar-refractivity contribution in [3.8, 4) is 0 Å². The molecule has 0 atom stereocenters. The average molecular weight is 278 g/mol. The van der Waals surface area contributed by atoms with Crippen molar-refractivity contribution >= 4 is 11.8 Å². The van der Waals surface area contributed by atoms with Crippen LogP contribution in [0.15, 0.2) is 28.6 Å². The second kappa shape index (κ2) is 5.71. The van der Waals surface area contributed by atoms with Crippen LogP contribution in [0.25, 0.3) is 0 Å². The first-order valence-corrected chi connectivity index (χ1v) is 6.85. The Labute approximate surface area is 117 Å². The van der Waals surface area contributed by atoms with Gasteiger partial charge in [0.2, 0.25) is 0 Å². The molecule has 19 heavy (non-hydrogen) atoms. The number of ether oxygens (including phenoxy) is 1. The maximum atomic E-state index is 5.16. The van der Waals surface area contributed by atoms with Gasteiger partial charge in [-0.3, -0.25) is 0 Å². The van der Waals surface area contributed by atoms with E-state index >= 15 is 0 Å². The zero-order valence-corrected chi connectivity index (χ0v) is 12.4. The summed E-state index contributed by atoms with van der Waals surface area (Å²) in [6.07, 6.45) is 3.52. The third kappa shape index (κ3) is 3.78. The predicted molar refractivity (Wildman–Crippen MR) is 74.2 cm³/mol. The van der Waals surface area contributed by atoms with Crippen LogP contribution in [0, 0.1) is 0 Å². The van der Waals surface area contributed by atoms with Gasteiger partial charge in [0.15, 0.2) is 5.16 Å². The fourth-order valence-corrected chi connectivity index (χ4v) is 2.25. The summed E-state index contributed by atoms with van der Waals surface area (Å²) in [5.41, 5.74) is 0.791. The molecule has 0 aliphatic carbocycles. The Morgan fingerprint density at radius 2 is 2.11 bits per heavy atom. The Hall–Kier alpha value is -1.40. The number of methoxy groups -OCH3 is 1. The van der Waals surface area contributed by atoms with Gasteiger partial charge < -0.3 is 9.72 Å². The summed E-state index contributed by atoms with van der Waals surface area (Å²) < 4.78 is 5.16. The smallest absolute Gasteiger partial charge is 0.171 e. The Bertz CT molecular complexity index is 534. The Morgan fingerprint density at radius 1 is 1.32 bits per heavy atom. The van der Waals surface area contributed by atoms with Gasteiger partial charge in [0.05, 0.1) is 12.3 Å². The summed E-state index contributed by atoms with van der Waals surface area (Å²) in [7, 11) is 1.66. The van der Waals surface area contributed by atoms with Crippen molar-refractivity contribution in [3.05, 3.63) is 30.0 Å². The molecule has 0 saturated carbocycles. The molecule has 0 unspecified atom stereocenters. The van der Waals surface area contributed by atoms with Crippen molar-refractivity contribution in [2.75, 3.05) is 7.11 Å². The van der Waals surface area contributed by atoms with E-state index in [1.807, 2.05) is 6.07 Å². The topological polar surface area (TPSA) is 63.7 Å². The van der Waals surface area contributed by atoms with Crippen LogP contribution in [0.4, 0.5) is 0 Å². The van der Waals surface area contributed by atoms with Gasteiger partial charge in [-0.05, 0) is 17.8 Å². The summed E-state index contributed by atoms with van der Waals surface area (Å²) in [5, 5.41) is 1.70. The van der Waals surface area contributed by atoms with Crippen LogP contribution in [0.5, 0.6) is 0 Å². The van der Waals surface area contributed by atoms with Crippen LogP contribution in [-0.4, -0.2) is 27.0 Å². The highest BCUT2D eigenvalue weighted by molar-refractivity contribution is 7.99. The second-order valence-electron chi connectivity index (χ2n) is 5.20. The van der Waals surface area contributed by atoms with Gasteiger partial charge >= 0.3 is 0 Å². The molecule has 2 heterocycles. The van der Waals surface area contributed by atoms with Crippen LogP contribution in [0.1, 0.15) is 32.3 Å². The molecule has 2 rings (SSSR count). The van der Waals surface area contributed by atoms with Gasteiger partial charge in [0.1, 0.15) is 10.9 Å². The highest BCUT2D eigenvalue weighted by Crippen LogP contribution is 2.26. The van der Waals surface area contributed by atoms with Crippen molar-refractivity contribution in [2.45, 2.75) is 43.0 Å². The summed E-state index contributed by atoms with van der Waals surface area (Å²) in [4.78, 5) is 16.4. The molecule has 0 aromatic carbocycles. The van der Waals surface area contributed by atoms with E-state index in [0.29, 0.717) is 6.61 Å². The van der Waals surface area contributed by atoms with Gasteiger partial charge in [-0.1, -0.05) is 20.8 Å². The molecule has 0 radical (unpaired) electrons. The molecule has 0 bridgehead atoms. The summed E-state index contributed by atoms with van der Waals surface area (Å²) in [6.45, 7) is 6.78. The van der Waals surface area contributed by atoms with E-state index in [-0.39, 0.29) is 5.41 Å². The van der Waals surface area contributed by atoms with E-state index in [1.54, 1.807) is 19.5 Å². The fraction of sp³-hybridized carbons (Fsp3) is 0.462. The van der Waals surface area contributed by atoms with Gasteiger partial charge in [-0.25, -0.2) is 15.0 Å². The summed E-state index contributed by atoms with van der Waals surface area (Å²) >= 11 is 1.49. The van der Waals surface area contributed by atoms with Gasteiger partial charge in [-0.2, -0.15) is 0 Å². The lowest BCUT2D eigenvalue weighted by Gasteiger charge is -2.18. The molecule has 2 aromatic heterocycles. The predicted octanol–water partition coefficient (Wildman–Crippen LogP) is 2.79. The van der Waals surface area contributed by atoms with E-state index in [9.17, 15) is 0 Å². The SMILES string of the molecule is COCc1cc(Sc2ncc[nH]2)nc(C(C)(C)C)n1. The molecule has 1 N–H and O–H groups in total. The molecule has 0 saturated heterocycles. The number of hydrogen-bond acceptors (Lipinski definition) is 5. The second-order valence-corrected chi connectivity index (χ2v) is 6.21. The molecule has 5 nitrogen and oxygen atoms in total. The van der Waals surface area contributed by atoms with Gasteiger partial charge in [-0.15, -0.1) is 0 Å². The number of nitrogens with zero attached hydrogens (tertiary/aromatic N) is 3. The number of rotatable bonds is 4. The number of aromatic amines is 1. The Morgan fingerprint density at radius 3 is 2.68 bits per heavy atom. The molecule has 2 aromatic rings. The largest absolute Gasteiger partial charge is 0.378 e. The van der Waals surface area contributed by atoms with Gasteiger partial charge in [0, 0.05) is 24.9 Å². The van der Waals surface area contributed by atoms with Crippen LogP contribution >= 0.6 is 11.8 Å². The van der Waals surface area contributed by atoms with E-state index in [2.05, 4.69) is 40.7 Å². The Balaban J connectivity index is 2.34. The average Bonchev–Trinajstić information content (AvgIpc) is 2.81. The number of hydrogen-bond donors (Lipinski definition) is 1. The summed E-state index contributed by atoms with van der Waals surface area (Å²) in [6, 6.07) is 1.94. The molecule has 6 heteroatoms. The van der Waals surface area contributed by atoms with Crippen molar-refractivity contribution in [3.63, 3.8) is 0 Å². The lowest BCUT2D eigenvalue weighted by Crippen LogP contribution is -2.17. The van der Waals surface area contributed by atoms with Crippen LogP contribution in [-0.2, 0) is 16.8 Å². The molecule has 0 amide bonds. The number of imidazole rings is 1. The quantitative estimate of drug-likeness (QED) is 0.871. The fourth-order valence-electron chi connectivity index (χ4n) is 1.49. The van der Waals surface area contributed by atoms with E-state index in [0.717, 1.165) is 21.7 Å². The monoisotopic (exact) mass is 278 g/mol. The molecule has 0 aliphatic heterocycles. The van der Waals surface area contributed by atoms with Crippen LogP contribution < -0.4 is 0 Å². The van der Waals surface area contributed by atoms with Crippen LogP contribution in [0.3, 0.4) is 0 Å². The minimum Gasteiger partial charge on any atom is -0.378 e. The normalized spacial score (nSPS) is 11.8. The first kappa shape index (κ1) is 14.0. The lowest BCUT2D eigenvalue weighted by molar-refractivity contribution is 0.180. The van der Waals surface area contributed by atoms with Crippen molar-refractivity contribution < 1.29 is 4.74 Å². The zero-order valence-electron chi connectivity index (χ0n) is 11.6. The number of nitrogens with one attached hydrogen (secondary N) is 1. The Kier molecular flexibility index (Phi) is 4.21. The van der Waals surface area contributed by atoms with Crippen molar-refractivity contribution in [2.24, 2.45) is 0 Å². The van der Waals surface area contributed by atoms with Crippen molar-refractivity contribution in [1.29, 1.82) is 0 Å². The molecular formula is C13H18N4OS. The third-order valence-electron chi connectivity index (χ3n) is 2.39. The summed E-state index contributed by atoms with van der Waals surface area (Å²) in [5.74, 6) is 0.816. The minimum atomic E-state index is -0.0950.